The molecule has 43 heavy (non-hydrogen) atoms. The van der Waals surface area contributed by atoms with Gasteiger partial charge in [0.25, 0.3) is 6.47 Å². The molecular weight excluding hydrogens is 538 g/mol. The minimum absolute atomic E-state index is 0.171. The molecule has 3 aliphatic rings. The third kappa shape index (κ3) is 11.6. The van der Waals surface area contributed by atoms with Crippen LogP contribution >= 0.6 is 0 Å². The Morgan fingerprint density at radius 1 is 0.953 bits per heavy atom. The number of rotatable bonds is 8. The summed E-state index contributed by atoms with van der Waals surface area (Å²) in [6, 6.07) is 22.1. The van der Waals surface area contributed by atoms with E-state index in [-0.39, 0.29) is 12.6 Å². The molecule has 2 aromatic carbocycles. The largest absolute Gasteiger partial charge is 0.483 e. The van der Waals surface area contributed by atoms with Gasteiger partial charge in [-0.3, -0.25) is 9.69 Å². The van der Waals surface area contributed by atoms with E-state index in [4.69, 9.17) is 14.6 Å². The maximum atomic E-state index is 12.4. The predicted molar refractivity (Wildman–Crippen MR) is 174 cm³/mol. The van der Waals surface area contributed by atoms with Crippen LogP contribution in [0.25, 0.3) is 0 Å². The molecule has 1 amide bonds. The summed E-state index contributed by atoms with van der Waals surface area (Å²) in [5.41, 5.74) is 2.58. The fourth-order valence-electron chi connectivity index (χ4n) is 6.84. The van der Waals surface area contributed by atoms with Crippen LogP contribution in [0, 0.1) is 5.92 Å². The quantitative estimate of drug-likeness (QED) is 0.325. The fraction of sp³-hybridized carbons (Fsp3) is 0.611. The summed E-state index contributed by atoms with van der Waals surface area (Å²) in [5, 5.41) is 6.89. The van der Waals surface area contributed by atoms with E-state index in [0.29, 0.717) is 12.6 Å². The van der Waals surface area contributed by atoms with E-state index < -0.39 is 0 Å². The zero-order valence-electron chi connectivity index (χ0n) is 26.8. The van der Waals surface area contributed by atoms with Crippen molar-refractivity contribution >= 4 is 12.6 Å². The maximum Gasteiger partial charge on any atom is 0.410 e. The Labute approximate surface area is 260 Å². The second-order valence-electron chi connectivity index (χ2n) is 12.4. The number of hydrogen-bond donors (Lipinski definition) is 1. The number of carbonyl (C=O) groups is 2. The normalized spacial score (nSPS) is 20.6. The molecule has 2 aromatic rings. The molecule has 0 spiro atoms. The lowest BCUT2D eigenvalue weighted by molar-refractivity contribution is -0.122. The van der Waals surface area contributed by atoms with Crippen LogP contribution in [0.15, 0.2) is 60.7 Å². The molecule has 0 radical (unpaired) electrons. The predicted octanol–water partition coefficient (Wildman–Crippen LogP) is 7.27. The van der Waals surface area contributed by atoms with Crippen molar-refractivity contribution in [3.63, 3.8) is 0 Å². The standard InChI is InChI=1S/C18H27N.C17H26N2O2.CH2O2/c1-15(16-8-4-2-5-9-16)19-13-12-18(14-19)17-10-6-3-7-11-17;1-3-11-19(16-9-12-18(2)13-10-16)17(20)21-14-15-7-5-4-6-8-15;2-1-3/h3,6-7,10-11,15-16,18H,2,4-5,8-9,12-14H2,1H3;4-8,16H,3,9-14H2,1-2H3;1H,(H,2,3)/t15?,18-;;/m1../s1. The second-order valence-corrected chi connectivity index (χ2v) is 12.4. The molecule has 2 heterocycles. The number of hydrogen-bond acceptors (Lipinski definition) is 5. The monoisotopic (exact) mass is 593 g/mol. The van der Waals surface area contributed by atoms with Gasteiger partial charge in [0.05, 0.1) is 0 Å². The lowest BCUT2D eigenvalue weighted by Crippen LogP contribution is -2.47. The maximum absolute atomic E-state index is 12.4. The van der Waals surface area contributed by atoms with Crippen LogP contribution < -0.4 is 0 Å². The van der Waals surface area contributed by atoms with Crippen molar-refractivity contribution in [3.05, 3.63) is 71.8 Å². The summed E-state index contributed by atoms with van der Waals surface area (Å²) in [6.45, 7) is 10.1. The van der Waals surface area contributed by atoms with Crippen molar-refractivity contribution in [1.82, 2.24) is 14.7 Å². The molecule has 2 aliphatic heterocycles. The van der Waals surface area contributed by atoms with Crippen molar-refractivity contribution in [2.24, 2.45) is 5.92 Å². The van der Waals surface area contributed by atoms with E-state index in [1.165, 1.54) is 51.6 Å². The molecule has 238 valence electrons. The Morgan fingerprint density at radius 3 is 2.16 bits per heavy atom. The van der Waals surface area contributed by atoms with E-state index in [0.717, 1.165) is 62.3 Å². The molecule has 2 atom stereocenters. The number of benzene rings is 2. The average molecular weight is 594 g/mol. The third-order valence-electron chi connectivity index (χ3n) is 9.43. The molecule has 5 rings (SSSR count). The van der Waals surface area contributed by atoms with Crippen molar-refractivity contribution in [1.29, 1.82) is 0 Å². The van der Waals surface area contributed by atoms with E-state index in [1.807, 2.05) is 35.2 Å². The molecule has 1 unspecified atom stereocenters. The summed E-state index contributed by atoms with van der Waals surface area (Å²) < 4.78 is 5.50. The lowest BCUT2D eigenvalue weighted by atomic mass is 9.84. The van der Waals surface area contributed by atoms with Crippen LogP contribution in [0.3, 0.4) is 0 Å². The second kappa shape index (κ2) is 19.4. The molecule has 7 nitrogen and oxygen atoms in total. The van der Waals surface area contributed by atoms with Gasteiger partial charge in [-0.1, -0.05) is 86.8 Å². The number of likely N-dealkylation sites (tertiary alicyclic amines) is 2. The van der Waals surface area contributed by atoms with Gasteiger partial charge < -0.3 is 19.6 Å². The van der Waals surface area contributed by atoms with Crippen molar-refractivity contribution < 1.29 is 19.4 Å². The fourth-order valence-corrected chi connectivity index (χ4v) is 6.84. The Bertz CT molecular complexity index is 1020. The number of nitrogens with zero attached hydrogens (tertiary/aromatic N) is 3. The highest BCUT2D eigenvalue weighted by Gasteiger charge is 2.31. The van der Waals surface area contributed by atoms with E-state index in [2.05, 4.69) is 61.0 Å². The van der Waals surface area contributed by atoms with Gasteiger partial charge in [-0.25, -0.2) is 4.79 Å². The van der Waals surface area contributed by atoms with Crippen LogP contribution in [0.5, 0.6) is 0 Å². The first-order chi connectivity index (χ1) is 21.0. The highest BCUT2D eigenvalue weighted by molar-refractivity contribution is 5.68. The van der Waals surface area contributed by atoms with Gasteiger partial charge in [-0.15, -0.1) is 0 Å². The molecule has 3 fully saturated rings. The minimum atomic E-state index is -0.250. The van der Waals surface area contributed by atoms with Gasteiger partial charge in [0, 0.05) is 25.2 Å². The highest BCUT2D eigenvalue weighted by atomic mass is 16.6. The molecule has 0 bridgehead atoms. The van der Waals surface area contributed by atoms with E-state index in [9.17, 15) is 4.79 Å². The Kier molecular flexibility index (Phi) is 15.6. The SMILES string of the molecule is CC(C1CCCCC1)N1CC[C@@H](c2ccccc2)C1.CCCN(C(=O)OCc1ccccc1)C1CCN(C)CC1.O=CO. The van der Waals surface area contributed by atoms with Crippen molar-refractivity contribution in [2.75, 3.05) is 39.8 Å². The first-order valence-electron chi connectivity index (χ1n) is 16.5. The smallest absolute Gasteiger partial charge is 0.410 e. The average Bonchev–Trinajstić information content (AvgIpc) is 3.55. The van der Waals surface area contributed by atoms with Crippen LogP contribution in [0.1, 0.15) is 88.7 Å². The summed E-state index contributed by atoms with van der Waals surface area (Å²) in [6.07, 6.45) is 11.5. The Balaban J connectivity index is 0.000000217. The molecule has 0 aromatic heterocycles. The molecule has 1 aliphatic carbocycles. The van der Waals surface area contributed by atoms with E-state index in [1.54, 1.807) is 5.56 Å². The summed E-state index contributed by atoms with van der Waals surface area (Å²) in [4.78, 5) is 27.7. The zero-order valence-corrected chi connectivity index (χ0v) is 26.8. The first-order valence-corrected chi connectivity index (χ1v) is 16.5. The Hall–Kier alpha value is -2.90. The number of ether oxygens (including phenoxy) is 1. The van der Waals surface area contributed by atoms with Crippen molar-refractivity contribution in [3.8, 4) is 0 Å². The van der Waals surface area contributed by atoms with Gasteiger partial charge >= 0.3 is 6.09 Å². The molecule has 1 saturated carbocycles. The van der Waals surface area contributed by atoms with Crippen molar-refractivity contribution in [2.45, 2.75) is 96.2 Å². The molecule has 7 heteroatoms. The number of carbonyl (C=O) groups excluding carboxylic acids is 1. The van der Waals surface area contributed by atoms with Crippen LogP contribution in [0.2, 0.25) is 0 Å². The summed E-state index contributed by atoms with van der Waals surface area (Å²) in [5.74, 6) is 1.73. The summed E-state index contributed by atoms with van der Waals surface area (Å²) in [7, 11) is 2.13. The van der Waals surface area contributed by atoms with E-state index >= 15 is 0 Å². The summed E-state index contributed by atoms with van der Waals surface area (Å²) >= 11 is 0. The van der Waals surface area contributed by atoms with Gasteiger partial charge in [-0.05, 0) is 95.1 Å². The molecule has 1 N–H and O–H groups in total. The minimum Gasteiger partial charge on any atom is -0.483 e. The highest BCUT2D eigenvalue weighted by Crippen LogP contribution is 2.34. The van der Waals surface area contributed by atoms with Gasteiger partial charge in [-0.2, -0.15) is 0 Å². The van der Waals surface area contributed by atoms with Crippen LogP contribution in [-0.2, 0) is 16.1 Å². The number of amides is 1. The number of carboxylic acid groups (broad SMARTS) is 1. The number of piperidine rings is 1. The third-order valence-corrected chi connectivity index (χ3v) is 9.43. The molecule has 2 saturated heterocycles. The van der Waals surface area contributed by atoms with Gasteiger partial charge in [0.15, 0.2) is 0 Å². The topological polar surface area (TPSA) is 73.3 Å². The van der Waals surface area contributed by atoms with Crippen LogP contribution in [0.4, 0.5) is 4.79 Å². The van der Waals surface area contributed by atoms with Gasteiger partial charge in [0.1, 0.15) is 6.61 Å². The van der Waals surface area contributed by atoms with Gasteiger partial charge in [0.2, 0.25) is 0 Å². The zero-order chi connectivity index (χ0) is 30.9. The Morgan fingerprint density at radius 2 is 1.56 bits per heavy atom. The first kappa shape index (κ1) is 34.6. The molecular formula is C36H55N3O4. The lowest BCUT2D eigenvalue weighted by Gasteiger charge is -2.36. The van der Waals surface area contributed by atoms with Crippen LogP contribution in [-0.4, -0.2) is 84.2 Å².